The van der Waals surface area contributed by atoms with Crippen LogP contribution in [-0.2, 0) is 6.42 Å². The zero-order chi connectivity index (χ0) is 18.8. The summed E-state index contributed by atoms with van der Waals surface area (Å²) in [4.78, 5) is 0. The highest BCUT2D eigenvalue weighted by Crippen LogP contribution is 2.49. The Hall–Kier alpha value is -1.38. The van der Waals surface area contributed by atoms with Crippen LogP contribution in [0.25, 0.3) is 11.1 Å². The second-order valence-corrected chi connectivity index (χ2v) is 9.28. The predicted octanol–water partition coefficient (Wildman–Crippen LogP) is 8.50. The van der Waals surface area contributed by atoms with Crippen molar-refractivity contribution in [1.29, 1.82) is 0 Å². The number of rotatable bonds is 6. The number of benzene rings is 3. The van der Waals surface area contributed by atoms with E-state index in [9.17, 15) is 0 Å². The average Bonchev–Trinajstić information content (AvgIpc) is 2.98. The zero-order valence-corrected chi connectivity index (χ0v) is 18.8. The molecule has 0 atom stereocenters. The van der Waals surface area contributed by atoms with Crippen LogP contribution in [0.2, 0.25) is 0 Å². The van der Waals surface area contributed by atoms with E-state index in [1.165, 1.54) is 65.5 Å². The van der Waals surface area contributed by atoms with Gasteiger partial charge in [-0.3, -0.25) is 0 Å². The molecule has 0 nitrogen and oxygen atoms in total. The number of hydrogen-bond donors (Lipinski definition) is 0. The van der Waals surface area contributed by atoms with Crippen molar-refractivity contribution in [2.24, 2.45) is 0 Å². The molecule has 0 bridgehead atoms. The first-order valence-electron chi connectivity index (χ1n) is 9.85. The second-order valence-electron chi connectivity index (χ2n) is 7.45. The lowest BCUT2D eigenvalue weighted by Gasteiger charge is -2.15. The standard InChI is InChI=1S/C25H24Br2/c1-2-3-4-5-6-17-7-9-18(10-8-17)25-23-15-19(26)11-13-21(23)22-14-12-20(27)16-24(22)25/h7-16,25H,2-6H2,1H3. The summed E-state index contributed by atoms with van der Waals surface area (Å²) in [5.41, 5.74) is 8.34. The number of hydrogen-bond acceptors (Lipinski definition) is 0. The van der Waals surface area contributed by atoms with Crippen molar-refractivity contribution in [3.05, 3.63) is 91.9 Å². The summed E-state index contributed by atoms with van der Waals surface area (Å²) in [6, 6.07) is 22.7. The van der Waals surface area contributed by atoms with Gasteiger partial charge >= 0.3 is 0 Å². The Balaban J connectivity index is 1.67. The van der Waals surface area contributed by atoms with Gasteiger partial charge in [0.25, 0.3) is 0 Å². The Morgan fingerprint density at radius 1 is 0.704 bits per heavy atom. The smallest absolute Gasteiger partial charge is 0.0353 e. The minimum atomic E-state index is 0.305. The maximum atomic E-state index is 3.67. The average molecular weight is 484 g/mol. The van der Waals surface area contributed by atoms with Gasteiger partial charge in [0.1, 0.15) is 0 Å². The molecule has 0 N–H and O–H groups in total. The van der Waals surface area contributed by atoms with Gasteiger partial charge in [-0.15, -0.1) is 0 Å². The Bertz CT molecular complexity index is 890. The fourth-order valence-corrected chi connectivity index (χ4v) is 4.95. The van der Waals surface area contributed by atoms with E-state index in [1.807, 2.05) is 0 Å². The molecular weight excluding hydrogens is 460 g/mol. The van der Waals surface area contributed by atoms with Gasteiger partial charge in [-0.05, 0) is 70.5 Å². The summed E-state index contributed by atoms with van der Waals surface area (Å²) < 4.78 is 2.29. The molecule has 0 saturated carbocycles. The van der Waals surface area contributed by atoms with Gasteiger partial charge < -0.3 is 0 Å². The van der Waals surface area contributed by atoms with E-state index < -0.39 is 0 Å². The summed E-state index contributed by atoms with van der Waals surface area (Å²) in [5, 5.41) is 0. The third-order valence-corrected chi connectivity index (χ3v) is 6.56. The molecule has 2 heteroatoms. The van der Waals surface area contributed by atoms with E-state index in [2.05, 4.69) is 99.4 Å². The van der Waals surface area contributed by atoms with Crippen molar-refractivity contribution < 1.29 is 0 Å². The van der Waals surface area contributed by atoms with Crippen LogP contribution in [0.1, 0.15) is 60.8 Å². The molecule has 3 aromatic carbocycles. The van der Waals surface area contributed by atoms with Crippen molar-refractivity contribution >= 4 is 31.9 Å². The van der Waals surface area contributed by atoms with Gasteiger partial charge in [-0.2, -0.15) is 0 Å². The second kappa shape index (κ2) is 8.32. The molecular formula is C25H24Br2. The molecule has 0 spiro atoms. The summed E-state index contributed by atoms with van der Waals surface area (Å²) >= 11 is 7.34. The minimum Gasteiger partial charge on any atom is -0.0654 e. The van der Waals surface area contributed by atoms with E-state index in [1.54, 1.807) is 0 Å². The molecule has 0 fully saturated rings. The summed E-state index contributed by atoms with van der Waals surface area (Å²) in [5.74, 6) is 0.305. The third kappa shape index (κ3) is 3.93. The van der Waals surface area contributed by atoms with Gasteiger partial charge in [0, 0.05) is 14.9 Å². The summed E-state index contributed by atoms with van der Waals surface area (Å²) in [7, 11) is 0. The van der Waals surface area contributed by atoms with Gasteiger partial charge in [0.15, 0.2) is 0 Å². The highest BCUT2D eigenvalue weighted by molar-refractivity contribution is 9.10. The van der Waals surface area contributed by atoms with Crippen LogP contribution in [0.15, 0.2) is 69.6 Å². The molecule has 1 aliphatic carbocycles. The molecule has 0 heterocycles. The van der Waals surface area contributed by atoms with Crippen LogP contribution in [-0.4, -0.2) is 0 Å². The fourth-order valence-electron chi connectivity index (χ4n) is 4.19. The third-order valence-electron chi connectivity index (χ3n) is 5.57. The first-order chi connectivity index (χ1) is 13.2. The van der Waals surface area contributed by atoms with Crippen molar-refractivity contribution in [2.75, 3.05) is 0 Å². The lowest BCUT2D eigenvalue weighted by molar-refractivity contribution is 0.667. The molecule has 4 rings (SSSR count). The normalized spacial score (nSPS) is 12.9. The largest absolute Gasteiger partial charge is 0.0654 e. The van der Waals surface area contributed by atoms with E-state index in [0.29, 0.717) is 5.92 Å². The van der Waals surface area contributed by atoms with Gasteiger partial charge in [-0.1, -0.05) is 94.4 Å². The van der Waals surface area contributed by atoms with E-state index in [0.717, 1.165) is 8.95 Å². The molecule has 1 aliphatic rings. The van der Waals surface area contributed by atoms with Gasteiger partial charge in [-0.25, -0.2) is 0 Å². The predicted molar refractivity (Wildman–Crippen MR) is 123 cm³/mol. The monoisotopic (exact) mass is 482 g/mol. The van der Waals surface area contributed by atoms with Crippen LogP contribution < -0.4 is 0 Å². The molecule has 0 aliphatic heterocycles. The van der Waals surface area contributed by atoms with Crippen molar-refractivity contribution in [1.82, 2.24) is 0 Å². The first kappa shape index (κ1) is 19.0. The van der Waals surface area contributed by atoms with Crippen molar-refractivity contribution in [3.8, 4) is 11.1 Å². The Morgan fingerprint density at radius 3 is 1.85 bits per heavy atom. The lowest BCUT2D eigenvalue weighted by Crippen LogP contribution is -2.00. The van der Waals surface area contributed by atoms with E-state index in [-0.39, 0.29) is 0 Å². The maximum Gasteiger partial charge on any atom is 0.0353 e. The van der Waals surface area contributed by atoms with Crippen LogP contribution in [0.5, 0.6) is 0 Å². The highest BCUT2D eigenvalue weighted by Gasteiger charge is 2.30. The highest BCUT2D eigenvalue weighted by atomic mass is 79.9. The van der Waals surface area contributed by atoms with Gasteiger partial charge in [0.2, 0.25) is 0 Å². The quantitative estimate of drug-likeness (QED) is 0.241. The summed E-state index contributed by atoms with van der Waals surface area (Å²) in [6.07, 6.45) is 6.46. The molecule has 27 heavy (non-hydrogen) atoms. The number of aryl methyl sites for hydroxylation is 1. The van der Waals surface area contributed by atoms with Crippen LogP contribution >= 0.6 is 31.9 Å². The zero-order valence-electron chi connectivity index (χ0n) is 15.6. The van der Waals surface area contributed by atoms with E-state index >= 15 is 0 Å². The fraction of sp³-hybridized carbons (Fsp3) is 0.280. The first-order valence-corrected chi connectivity index (χ1v) is 11.4. The van der Waals surface area contributed by atoms with E-state index in [4.69, 9.17) is 0 Å². The van der Waals surface area contributed by atoms with Crippen molar-refractivity contribution in [3.63, 3.8) is 0 Å². The Kier molecular flexibility index (Phi) is 5.85. The van der Waals surface area contributed by atoms with Crippen LogP contribution in [0.4, 0.5) is 0 Å². The van der Waals surface area contributed by atoms with Crippen LogP contribution in [0.3, 0.4) is 0 Å². The maximum absolute atomic E-state index is 3.67. The lowest BCUT2D eigenvalue weighted by atomic mass is 9.88. The van der Waals surface area contributed by atoms with Crippen LogP contribution in [0, 0.1) is 0 Å². The molecule has 0 unspecified atom stereocenters. The molecule has 138 valence electrons. The molecule has 0 radical (unpaired) electrons. The number of unbranched alkanes of at least 4 members (excludes halogenated alkanes) is 3. The Morgan fingerprint density at radius 2 is 1.30 bits per heavy atom. The van der Waals surface area contributed by atoms with Crippen molar-refractivity contribution in [2.45, 2.75) is 44.9 Å². The topological polar surface area (TPSA) is 0 Å². The SMILES string of the molecule is CCCCCCc1ccc(C2c3cc(Br)ccc3-c3ccc(Br)cc32)cc1. The number of halogens is 2. The molecule has 3 aromatic rings. The minimum absolute atomic E-state index is 0.305. The van der Waals surface area contributed by atoms with Gasteiger partial charge in [0.05, 0.1) is 0 Å². The molecule has 0 amide bonds. The molecule has 0 saturated heterocycles. The number of fused-ring (bicyclic) bond motifs is 3. The Labute approximate surface area is 179 Å². The summed E-state index contributed by atoms with van der Waals surface area (Å²) in [6.45, 7) is 2.27. The molecule has 0 aromatic heterocycles.